The molecule has 0 radical (unpaired) electrons. The lowest BCUT2D eigenvalue weighted by Crippen LogP contribution is -2.60. The van der Waals surface area contributed by atoms with E-state index in [0.717, 1.165) is 5.56 Å². The van der Waals surface area contributed by atoms with Gasteiger partial charge in [-0.05, 0) is 17.7 Å². The zero-order valence-electron chi connectivity index (χ0n) is 15.2. The van der Waals surface area contributed by atoms with E-state index in [-0.39, 0.29) is 5.91 Å². The van der Waals surface area contributed by atoms with E-state index in [1.807, 2.05) is 17.0 Å². The molecule has 1 spiro atoms. The minimum Gasteiger partial charge on any atom is -0.376 e. The molecule has 2 aliphatic rings. The predicted molar refractivity (Wildman–Crippen MR) is 98.3 cm³/mol. The van der Waals surface area contributed by atoms with Gasteiger partial charge in [-0.15, -0.1) is 0 Å². The Morgan fingerprint density at radius 3 is 2.81 bits per heavy atom. The minimum atomic E-state index is -0.571. The van der Waals surface area contributed by atoms with Gasteiger partial charge in [0.25, 0.3) is 0 Å². The third-order valence-corrected chi connectivity index (χ3v) is 4.86. The van der Waals surface area contributed by atoms with Crippen LogP contribution in [0.2, 0.25) is 0 Å². The third-order valence-electron chi connectivity index (χ3n) is 4.86. The number of carbonyl (C=O) groups is 1. The average molecular weight is 369 g/mol. The highest BCUT2D eigenvalue weighted by Gasteiger charge is 2.42. The molecular weight excluding hydrogens is 346 g/mol. The summed E-state index contributed by atoms with van der Waals surface area (Å²) in [5, 5.41) is 0. The van der Waals surface area contributed by atoms with Crippen molar-refractivity contribution in [1.82, 2.24) is 19.9 Å². The van der Waals surface area contributed by atoms with E-state index in [4.69, 9.17) is 9.47 Å². The molecule has 0 N–H and O–H groups in total. The summed E-state index contributed by atoms with van der Waals surface area (Å²) >= 11 is 0. The van der Waals surface area contributed by atoms with Crippen molar-refractivity contribution in [3.63, 3.8) is 0 Å². The van der Waals surface area contributed by atoms with Crippen molar-refractivity contribution >= 4 is 11.9 Å². The summed E-state index contributed by atoms with van der Waals surface area (Å²) in [6.07, 6.45) is 7.24. The van der Waals surface area contributed by atoms with Crippen molar-refractivity contribution in [2.75, 3.05) is 50.9 Å². The number of pyridine rings is 1. The maximum absolute atomic E-state index is 12.8. The van der Waals surface area contributed by atoms with Crippen LogP contribution in [-0.4, -0.2) is 77.4 Å². The molecular formula is C19H23N5O3. The fourth-order valence-electron chi connectivity index (χ4n) is 3.56. The molecule has 0 saturated carbocycles. The second kappa shape index (κ2) is 7.98. The first-order valence-electron chi connectivity index (χ1n) is 9.14. The van der Waals surface area contributed by atoms with Gasteiger partial charge in [-0.2, -0.15) is 0 Å². The predicted octanol–water partition coefficient (Wildman–Crippen LogP) is 0.548. The fourth-order valence-corrected chi connectivity index (χ4v) is 3.56. The van der Waals surface area contributed by atoms with E-state index in [0.29, 0.717) is 58.4 Å². The molecule has 2 aromatic rings. The number of hydrogen-bond donors (Lipinski definition) is 0. The molecule has 4 rings (SSSR count). The highest BCUT2D eigenvalue weighted by Crippen LogP contribution is 2.25. The van der Waals surface area contributed by atoms with E-state index in [1.54, 1.807) is 30.9 Å². The molecule has 142 valence electrons. The number of nitrogens with zero attached hydrogens (tertiary/aromatic N) is 5. The first kappa shape index (κ1) is 17.8. The minimum absolute atomic E-state index is 0.0810. The Bertz CT molecular complexity index is 760. The van der Waals surface area contributed by atoms with Crippen LogP contribution in [0.5, 0.6) is 0 Å². The van der Waals surface area contributed by atoms with Gasteiger partial charge in [0.2, 0.25) is 11.9 Å². The second-order valence-corrected chi connectivity index (χ2v) is 6.91. The van der Waals surface area contributed by atoms with E-state index < -0.39 is 5.60 Å². The molecule has 4 heterocycles. The number of aromatic nitrogens is 3. The molecule has 8 heteroatoms. The summed E-state index contributed by atoms with van der Waals surface area (Å²) < 4.78 is 12.0. The normalized spacial score (nSPS) is 23.3. The second-order valence-electron chi connectivity index (χ2n) is 6.91. The van der Waals surface area contributed by atoms with E-state index in [9.17, 15) is 4.79 Å². The molecule has 1 amide bonds. The van der Waals surface area contributed by atoms with Gasteiger partial charge in [-0.1, -0.05) is 6.07 Å². The van der Waals surface area contributed by atoms with Crippen molar-refractivity contribution < 1.29 is 14.3 Å². The van der Waals surface area contributed by atoms with Crippen LogP contribution in [0.15, 0.2) is 43.0 Å². The van der Waals surface area contributed by atoms with Gasteiger partial charge in [0.1, 0.15) is 5.60 Å². The van der Waals surface area contributed by atoms with Crippen LogP contribution in [-0.2, 0) is 20.7 Å². The zero-order chi connectivity index (χ0) is 18.5. The molecule has 2 saturated heterocycles. The summed E-state index contributed by atoms with van der Waals surface area (Å²) in [6, 6.07) is 5.56. The van der Waals surface area contributed by atoms with Crippen molar-refractivity contribution in [3.05, 3.63) is 48.5 Å². The average Bonchev–Trinajstić information content (AvgIpc) is 2.92. The highest BCUT2D eigenvalue weighted by molar-refractivity contribution is 5.78. The first-order valence-corrected chi connectivity index (χ1v) is 9.14. The van der Waals surface area contributed by atoms with Crippen LogP contribution in [0, 0.1) is 0 Å². The van der Waals surface area contributed by atoms with Crippen molar-refractivity contribution in [2.45, 2.75) is 12.0 Å². The zero-order valence-corrected chi connectivity index (χ0v) is 15.2. The van der Waals surface area contributed by atoms with Crippen LogP contribution < -0.4 is 4.90 Å². The molecule has 2 fully saturated rings. The lowest BCUT2D eigenvalue weighted by molar-refractivity contribution is -0.157. The molecule has 1 atom stereocenters. The van der Waals surface area contributed by atoms with Gasteiger partial charge < -0.3 is 19.3 Å². The maximum atomic E-state index is 12.8. The molecule has 0 aliphatic carbocycles. The van der Waals surface area contributed by atoms with Gasteiger partial charge >= 0.3 is 0 Å². The Hall–Kier alpha value is -2.58. The van der Waals surface area contributed by atoms with Crippen LogP contribution in [0.4, 0.5) is 5.95 Å². The quantitative estimate of drug-likeness (QED) is 0.781. The molecule has 2 aromatic heterocycles. The van der Waals surface area contributed by atoms with E-state index in [1.165, 1.54) is 0 Å². The Kier molecular flexibility index (Phi) is 5.26. The lowest BCUT2D eigenvalue weighted by Gasteiger charge is -2.43. The first-order chi connectivity index (χ1) is 13.2. The molecule has 27 heavy (non-hydrogen) atoms. The van der Waals surface area contributed by atoms with Crippen molar-refractivity contribution in [2.24, 2.45) is 0 Å². The lowest BCUT2D eigenvalue weighted by atomic mass is 10.0. The summed E-state index contributed by atoms with van der Waals surface area (Å²) in [5.74, 6) is 0.738. The SMILES string of the molecule is O=C(Cc1cccnc1)N1CCOC2(COCCN(c3ncccn3)C2)C1. The Labute approximate surface area is 158 Å². The monoisotopic (exact) mass is 369 g/mol. The van der Waals surface area contributed by atoms with Crippen LogP contribution in [0.3, 0.4) is 0 Å². The number of rotatable bonds is 3. The highest BCUT2D eigenvalue weighted by atomic mass is 16.5. The van der Waals surface area contributed by atoms with Gasteiger partial charge in [-0.3, -0.25) is 9.78 Å². The van der Waals surface area contributed by atoms with Gasteiger partial charge in [0.05, 0.1) is 39.3 Å². The smallest absolute Gasteiger partial charge is 0.227 e. The Balaban J connectivity index is 1.47. The van der Waals surface area contributed by atoms with Crippen LogP contribution in [0.1, 0.15) is 5.56 Å². The van der Waals surface area contributed by atoms with Crippen molar-refractivity contribution in [3.8, 4) is 0 Å². The fraction of sp³-hybridized carbons (Fsp3) is 0.474. The number of amides is 1. The summed E-state index contributed by atoms with van der Waals surface area (Å²) in [5.41, 5.74) is 0.345. The topological polar surface area (TPSA) is 80.7 Å². The molecule has 8 nitrogen and oxygen atoms in total. The number of anilines is 1. The number of carbonyl (C=O) groups excluding carboxylic acids is 1. The largest absolute Gasteiger partial charge is 0.376 e. The van der Waals surface area contributed by atoms with Gasteiger partial charge in [-0.25, -0.2) is 9.97 Å². The van der Waals surface area contributed by atoms with E-state index >= 15 is 0 Å². The van der Waals surface area contributed by atoms with Gasteiger partial charge in [0.15, 0.2) is 0 Å². The summed E-state index contributed by atoms with van der Waals surface area (Å²) in [6.45, 7) is 3.89. The summed E-state index contributed by atoms with van der Waals surface area (Å²) in [4.78, 5) is 29.5. The standard InChI is InChI=1S/C19H23N5O3/c25-17(11-16-3-1-4-20-12-16)23-8-10-27-19(13-23)14-24(7-9-26-15-19)18-21-5-2-6-22-18/h1-6,12H,7-11,13-15H2. The maximum Gasteiger partial charge on any atom is 0.227 e. The summed E-state index contributed by atoms with van der Waals surface area (Å²) in [7, 11) is 0. The van der Waals surface area contributed by atoms with Crippen LogP contribution in [0.25, 0.3) is 0 Å². The Morgan fingerprint density at radius 1 is 1.11 bits per heavy atom. The number of morpholine rings is 1. The molecule has 1 unspecified atom stereocenters. The molecule has 0 bridgehead atoms. The van der Waals surface area contributed by atoms with Crippen LogP contribution >= 0.6 is 0 Å². The number of hydrogen-bond acceptors (Lipinski definition) is 7. The van der Waals surface area contributed by atoms with Crippen molar-refractivity contribution in [1.29, 1.82) is 0 Å². The Morgan fingerprint density at radius 2 is 2.00 bits per heavy atom. The molecule has 2 aliphatic heterocycles. The third kappa shape index (κ3) is 4.23. The van der Waals surface area contributed by atoms with E-state index in [2.05, 4.69) is 19.9 Å². The number of ether oxygens (including phenoxy) is 2. The molecule has 0 aromatic carbocycles. The van der Waals surface area contributed by atoms with Gasteiger partial charge in [0, 0.05) is 37.9 Å².